The van der Waals surface area contributed by atoms with Crippen LogP contribution in [-0.4, -0.2) is 52.4 Å². The van der Waals surface area contributed by atoms with Gasteiger partial charge in [0.2, 0.25) is 5.91 Å². The maximum Gasteiger partial charge on any atom is 0.223 e. The number of carbonyl (C=O) groups excluding carboxylic acids is 1. The van der Waals surface area contributed by atoms with Gasteiger partial charge in [-0.3, -0.25) is 25.5 Å². The predicted molar refractivity (Wildman–Crippen MR) is 157 cm³/mol. The van der Waals surface area contributed by atoms with Crippen LogP contribution in [0, 0.1) is 48.3 Å². The molecule has 0 saturated heterocycles. The van der Waals surface area contributed by atoms with Crippen molar-refractivity contribution in [2.45, 2.75) is 33.2 Å². The first kappa shape index (κ1) is 27.8. The normalized spacial score (nSPS) is 14.3. The zero-order chi connectivity index (χ0) is 28.1. The summed E-state index contributed by atoms with van der Waals surface area (Å²) in [7, 11) is 0. The summed E-state index contributed by atoms with van der Waals surface area (Å²) in [6.45, 7) is 6.00. The molecule has 0 unspecified atom stereocenters. The minimum atomic E-state index is -0.806. The molecule has 4 rings (SSSR count). The molecular weight excluding hydrogens is 532 g/mol. The molecule has 0 fully saturated rings. The van der Waals surface area contributed by atoms with Crippen LogP contribution < -0.4 is 16.0 Å². The van der Waals surface area contributed by atoms with E-state index >= 15 is 0 Å². The van der Waals surface area contributed by atoms with Crippen molar-refractivity contribution in [2.24, 2.45) is 10.7 Å². The average molecular weight is 559 g/mol. The summed E-state index contributed by atoms with van der Waals surface area (Å²) in [6.07, 6.45) is 1.49. The number of aliphatic imine (C=N–C) groups is 1. The molecular formula is C28H27ClN8OS. The maximum atomic E-state index is 12.9. The zero-order valence-corrected chi connectivity index (χ0v) is 23.3. The number of amides is 1. The number of nitrogens with zero attached hydrogens (tertiary/aromatic N) is 3. The molecule has 0 spiro atoms. The Bertz CT molecular complexity index is 1590. The Morgan fingerprint density at radius 2 is 2.00 bits per heavy atom. The number of benzene rings is 1. The molecule has 0 bridgehead atoms. The highest BCUT2D eigenvalue weighted by atomic mass is 35.5. The van der Waals surface area contributed by atoms with E-state index in [9.17, 15) is 4.79 Å². The monoisotopic (exact) mass is 558 g/mol. The molecule has 1 aliphatic heterocycles. The second kappa shape index (κ2) is 12.1. The fraction of sp³-hybridized carbons (Fsp3) is 0.250. The standard InChI is InChI=1S/C28H27ClN8OS/c1-16-17(2)39-28-25(16)26(19-8-10-20(29)11-9-19)36-22(27(32)37(28)18(3)31)14-24(38)33-13-5-6-21-15-34-23(35-21)7-4-12-30/h8-11,15,22,31-32H,12-14,30H2,1-3H3,(H,33,38)(H,34,35)/t22-/m0/s1. The van der Waals surface area contributed by atoms with E-state index in [0.717, 1.165) is 26.6 Å². The number of thiophene rings is 1. The Kier molecular flexibility index (Phi) is 8.62. The van der Waals surface area contributed by atoms with Gasteiger partial charge < -0.3 is 16.0 Å². The predicted octanol–water partition coefficient (Wildman–Crippen LogP) is 3.61. The van der Waals surface area contributed by atoms with E-state index in [2.05, 4.69) is 39.0 Å². The lowest BCUT2D eigenvalue weighted by molar-refractivity contribution is -0.120. The van der Waals surface area contributed by atoms with Crippen molar-refractivity contribution in [3.05, 3.63) is 68.6 Å². The molecule has 0 radical (unpaired) electrons. The van der Waals surface area contributed by atoms with Crippen molar-refractivity contribution in [3.63, 3.8) is 0 Å². The van der Waals surface area contributed by atoms with E-state index in [1.807, 2.05) is 26.0 Å². The highest BCUT2D eigenvalue weighted by Crippen LogP contribution is 2.40. The average Bonchev–Trinajstić information content (AvgIpc) is 3.44. The van der Waals surface area contributed by atoms with Crippen LogP contribution in [-0.2, 0) is 4.79 Å². The number of anilines is 1. The van der Waals surface area contributed by atoms with Gasteiger partial charge in [0.15, 0.2) is 5.82 Å². The van der Waals surface area contributed by atoms with Crippen LogP contribution in [0.3, 0.4) is 0 Å². The largest absolute Gasteiger partial charge is 0.345 e. The summed E-state index contributed by atoms with van der Waals surface area (Å²) in [5.74, 6) is 11.7. The van der Waals surface area contributed by atoms with Gasteiger partial charge in [0, 0.05) is 21.0 Å². The molecule has 6 N–H and O–H groups in total. The Morgan fingerprint density at radius 3 is 2.69 bits per heavy atom. The van der Waals surface area contributed by atoms with E-state index in [4.69, 9.17) is 33.1 Å². The molecule has 11 heteroatoms. The molecule has 2 aromatic heterocycles. The fourth-order valence-corrected chi connectivity index (χ4v) is 5.35. The first-order chi connectivity index (χ1) is 18.7. The summed E-state index contributed by atoms with van der Waals surface area (Å²) < 4.78 is 0. The van der Waals surface area contributed by atoms with Crippen molar-refractivity contribution in [3.8, 4) is 23.7 Å². The summed E-state index contributed by atoms with van der Waals surface area (Å²) in [5.41, 5.74) is 9.32. The summed E-state index contributed by atoms with van der Waals surface area (Å²) >= 11 is 7.65. The summed E-state index contributed by atoms with van der Waals surface area (Å²) in [5, 5.41) is 21.5. The van der Waals surface area contributed by atoms with Gasteiger partial charge in [-0.1, -0.05) is 35.6 Å². The molecule has 198 valence electrons. The van der Waals surface area contributed by atoms with Crippen LogP contribution in [0.5, 0.6) is 0 Å². The number of carbonyl (C=O) groups is 1. The van der Waals surface area contributed by atoms with Gasteiger partial charge in [0.25, 0.3) is 0 Å². The number of fused-ring (bicyclic) bond motifs is 1. The van der Waals surface area contributed by atoms with Gasteiger partial charge in [-0.25, -0.2) is 4.98 Å². The third-order valence-electron chi connectivity index (χ3n) is 5.96. The van der Waals surface area contributed by atoms with Crippen LogP contribution in [0.15, 0.2) is 35.5 Å². The summed E-state index contributed by atoms with van der Waals surface area (Å²) in [4.78, 5) is 27.6. The fourth-order valence-electron chi connectivity index (χ4n) is 4.00. The maximum absolute atomic E-state index is 12.9. The minimum Gasteiger partial charge on any atom is -0.345 e. The molecule has 3 aromatic rings. The van der Waals surface area contributed by atoms with Crippen molar-refractivity contribution < 1.29 is 4.79 Å². The van der Waals surface area contributed by atoms with Crippen molar-refractivity contribution in [2.75, 3.05) is 18.0 Å². The molecule has 39 heavy (non-hydrogen) atoms. The molecule has 1 atom stereocenters. The van der Waals surface area contributed by atoms with Crippen molar-refractivity contribution in [1.29, 1.82) is 10.8 Å². The molecule has 0 saturated carbocycles. The van der Waals surface area contributed by atoms with E-state index in [-0.39, 0.29) is 37.1 Å². The summed E-state index contributed by atoms with van der Waals surface area (Å²) in [6, 6.07) is 6.53. The highest BCUT2D eigenvalue weighted by Gasteiger charge is 2.34. The number of hydrogen-bond acceptors (Lipinski definition) is 7. The smallest absolute Gasteiger partial charge is 0.223 e. The SMILES string of the molecule is CC(=N)N1C(=N)[C@H](CC(=O)NCC#Cc2cnc(C#CCN)[nH]2)N=C(c2ccc(Cl)cc2)c2c1sc(C)c2C. The van der Waals surface area contributed by atoms with E-state index < -0.39 is 6.04 Å². The van der Waals surface area contributed by atoms with Gasteiger partial charge >= 0.3 is 0 Å². The third-order valence-corrected chi connectivity index (χ3v) is 7.41. The van der Waals surface area contributed by atoms with E-state index in [1.54, 1.807) is 30.2 Å². The van der Waals surface area contributed by atoms with Gasteiger partial charge in [-0.2, -0.15) is 0 Å². The Hall–Kier alpha value is -4.22. The lowest BCUT2D eigenvalue weighted by Gasteiger charge is -2.24. The van der Waals surface area contributed by atoms with Crippen LogP contribution in [0.25, 0.3) is 0 Å². The van der Waals surface area contributed by atoms with Gasteiger partial charge in [-0.05, 0) is 50.3 Å². The number of nitrogens with two attached hydrogens (primary N) is 1. The van der Waals surface area contributed by atoms with Gasteiger partial charge in [-0.15, -0.1) is 11.3 Å². The zero-order valence-electron chi connectivity index (χ0n) is 21.7. The second-order valence-corrected chi connectivity index (χ2v) is 10.3. The Balaban J connectivity index is 1.59. The van der Waals surface area contributed by atoms with Crippen LogP contribution >= 0.6 is 22.9 Å². The number of rotatable bonds is 4. The number of nitrogens with one attached hydrogen (secondary N) is 4. The number of aryl methyl sites for hydroxylation is 1. The molecule has 1 amide bonds. The van der Waals surface area contributed by atoms with Gasteiger partial charge in [0.05, 0.1) is 31.4 Å². The van der Waals surface area contributed by atoms with Crippen LogP contribution in [0.1, 0.15) is 46.4 Å². The highest BCUT2D eigenvalue weighted by molar-refractivity contribution is 7.17. The van der Waals surface area contributed by atoms with Crippen LogP contribution in [0.2, 0.25) is 5.02 Å². The quantitative estimate of drug-likeness (QED) is 0.189. The Morgan fingerprint density at radius 1 is 1.26 bits per heavy atom. The molecule has 1 aromatic carbocycles. The number of H-pyrrole nitrogens is 1. The molecule has 1 aliphatic rings. The molecule has 9 nitrogen and oxygen atoms in total. The number of aromatic amines is 1. The van der Waals surface area contributed by atoms with E-state index in [1.165, 1.54) is 11.3 Å². The third kappa shape index (κ3) is 6.27. The minimum absolute atomic E-state index is 0.0683. The van der Waals surface area contributed by atoms with Crippen LogP contribution in [0.4, 0.5) is 5.00 Å². The van der Waals surface area contributed by atoms with Gasteiger partial charge in [0.1, 0.15) is 28.4 Å². The number of hydrogen-bond donors (Lipinski definition) is 5. The number of imidazole rings is 1. The number of amidine groups is 2. The lowest BCUT2D eigenvalue weighted by atomic mass is 9.99. The van der Waals surface area contributed by atoms with Crippen molar-refractivity contribution >= 4 is 51.2 Å². The Labute approximate surface area is 235 Å². The second-order valence-electron chi connectivity index (χ2n) is 8.70. The first-order valence-electron chi connectivity index (χ1n) is 12.1. The number of aromatic nitrogens is 2. The van der Waals surface area contributed by atoms with Crippen molar-refractivity contribution in [1.82, 2.24) is 15.3 Å². The molecule has 0 aliphatic carbocycles. The number of halogens is 1. The van der Waals surface area contributed by atoms with E-state index in [0.29, 0.717) is 22.3 Å². The molecule has 3 heterocycles. The lowest BCUT2D eigenvalue weighted by Crippen LogP contribution is -2.42. The first-order valence-corrected chi connectivity index (χ1v) is 13.3. The topological polar surface area (TPSA) is 147 Å².